The summed E-state index contributed by atoms with van der Waals surface area (Å²) in [5, 5.41) is 4.11. The number of amides is 1. The molecular formula is C20H16Cl2N2O3. The van der Waals surface area contributed by atoms with E-state index < -0.39 is 5.97 Å². The van der Waals surface area contributed by atoms with Crippen molar-refractivity contribution in [3.8, 4) is 11.3 Å². The molecule has 2 aromatic carbocycles. The number of esters is 1. The lowest BCUT2D eigenvalue weighted by Crippen LogP contribution is -2.30. The standard InChI is InChI=1S/C20H16Cl2N2O3/c1-2-27-19(25)11-23-20(26)14-10-18(12-7-8-15(21)16(22)9-12)24-17-6-4-3-5-13(14)17/h3-10H,2,11H2,1H3,(H,23,26). The topological polar surface area (TPSA) is 68.3 Å². The molecule has 3 rings (SSSR count). The zero-order valence-electron chi connectivity index (χ0n) is 14.5. The zero-order valence-corrected chi connectivity index (χ0v) is 16.0. The fourth-order valence-corrected chi connectivity index (χ4v) is 2.92. The number of benzene rings is 2. The maximum atomic E-state index is 12.7. The Kier molecular flexibility index (Phi) is 5.94. The molecule has 3 aromatic rings. The average Bonchev–Trinajstić information content (AvgIpc) is 2.67. The van der Waals surface area contributed by atoms with E-state index in [1.165, 1.54) is 0 Å². The third kappa shape index (κ3) is 4.38. The molecule has 0 atom stereocenters. The molecule has 0 bridgehead atoms. The van der Waals surface area contributed by atoms with E-state index in [4.69, 9.17) is 27.9 Å². The molecule has 0 saturated carbocycles. The molecule has 1 N–H and O–H groups in total. The predicted octanol–water partition coefficient (Wildman–Crippen LogP) is 4.50. The third-order valence-corrected chi connectivity index (χ3v) is 4.61. The van der Waals surface area contributed by atoms with Gasteiger partial charge in [0.15, 0.2) is 0 Å². The summed E-state index contributed by atoms with van der Waals surface area (Å²) in [6, 6.07) is 14.1. The van der Waals surface area contributed by atoms with E-state index in [-0.39, 0.29) is 19.1 Å². The number of para-hydroxylation sites is 1. The van der Waals surface area contributed by atoms with E-state index >= 15 is 0 Å². The zero-order chi connectivity index (χ0) is 19.4. The van der Waals surface area contributed by atoms with Gasteiger partial charge in [-0.2, -0.15) is 0 Å². The number of carbonyl (C=O) groups excluding carboxylic acids is 2. The van der Waals surface area contributed by atoms with Crippen molar-refractivity contribution in [1.82, 2.24) is 10.3 Å². The van der Waals surface area contributed by atoms with Crippen LogP contribution < -0.4 is 5.32 Å². The molecule has 0 aliphatic heterocycles. The summed E-state index contributed by atoms with van der Waals surface area (Å²) in [5.74, 6) is -0.878. The molecular weight excluding hydrogens is 387 g/mol. The molecule has 138 valence electrons. The summed E-state index contributed by atoms with van der Waals surface area (Å²) in [6.07, 6.45) is 0. The Hall–Kier alpha value is -2.63. The molecule has 0 unspecified atom stereocenters. The second-order valence-electron chi connectivity index (χ2n) is 5.69. The summed E-state index contributed by atoms with van der Waals surface area (Å²) in [6.45, 7) is 1.76. The van der Waals surface area contributed by atoms with Crippen LogP contribution in [0.25, 0.3) is 22.2 Å². The number of pyridine rings is 1. The molecule has 0 aliphatic rings. The quantitative estimate of drug-likeness (QED) is 0.637. The van der Waals surface area contributed by atoms with Gasteiger partial charge in [0.25, 0.3) is 5.91 Å². The minimum atomic E-state index is -0.492. The number of ether oxygens (including phenoxy) is 1. The van der Waals surface area contributed by atoms with E-state index in [1.807, 2.05) is 18.2 Å². The summed E-state index contributed by atoms with van der Waals surface area (Å²) in [4.78, 5) is 28.8. The van der Waals surface area contributed by atoms with Gasteiger partial charge in [0.2, 0.25) is 0 Å². The van der Waals surface area contributed by atoms with Crippen molar-refractivity contribution in [1.29, 1.82) is 0 Å². The van der Waals surface area contributed by atoms with Crippen LogP contribution in [0.15, 0.2) is 48.5 Å². The highest BCUT2D eigenvalue weighted by atomic mass is 35.5. The third-order valence-electron chi connectivity index (χ3n) is 3.87. The van der Waals surface area contributed by atoms with E-state index in [2.05, 4.69) is 10.3 Å². The first-order valence-electron chi connectivity index (χ1n) is 8.28. The Labute approximate surface area is 166 Å². The van der Waals surface area contributed by atoms with Crippen molar-refractivity contribution in [3.63, 3.8) is 0 Å². The Morgan fingerprint density at radius 2 is 1.85 bits per heavy atom. The lowest BCUT2D eigenvalue weighted by atomic mass is 10.0. The highest BCUT2D eigenvalue weighted by Gasteiger charge is 2.15. The molecule has 5 nitrogen and oxygen atoms in total. The molecule has 1 aromatic heterocycles. The molecule has 0 spiro atoms. The van der Waals surface area contributed by atoms with Crippen LogP contribution >= 0.6 is 23.2 Å². The van der Waals surface area contributed by atoms with Gasteiger partial charge < -0.3 is 10.1 Å². The van der Waals surface area contributed by atoms with Gasteiger partial charge in [-0.3, -0.25) is 9.59 Å². The fraction of sp³-hybridized carbons (Fsp3) is 0.150. The van der Waals surface area contributed by atoms with Crippen LogP contribution in [0.4, 0.5) is 0 Å². The number of hydrogen-bond donors (Lipinski definition) is 1. The van der Waals surface area contributed by atoms with Gasteiger partial charge in [-0.05, 0) is 31.2 Å². The first-order chi connectivity index (χ1) is 13.0. The lowest BCUT2D eigenvalue weighted by molar-refractivity contribution is -0.141. The first kappa shape index (κ1) is 19.1. The highest BCUT2D eigenvalue weighted by Crippen LogP contribution is 2.30. The van der Waals surface area contributed by atoms with E-state index in [9.17, 15) is 9.59 Å². The molecule has 27 heavy (non-hydrogen) atoms. The largest absolute Gasteiger partial charge is 0.465 e. The van der Waals surface area contributed by atoms with Crippen LogP contribution in [-0.2, 0) is 9.53 Å². The van der Waals surface area contributed by atoms with Crippen molar-refractivity contribution in [2.75, 3.05) is 13.2 Å². The maximum absolute atomic E-state index is 12.7. The van der Waals surface area contributed by atoms with Crippen molar-refractivity contribution in [2.24, 2.45) is 0 Å². The summed E-state index contributed by atoms with van der Waals surface area (Å²) >= 11 is 12.1. The van der Waals surface area contributed by atoms with Crippen LogP contribution in [0.5, 0.6) is 0 Å². The normalized spacial score (nSPS) is 10.6. The second-order valence-corrected chi connectivity index (χ2v) is 6.50. The number of nitrogens with one attached hydrogen (secondary N) is 1. The fourth-order valence-electron chi connectivity index (χ4n) is 2.63. The number of fused-ring (bicyclic) bond motifs is 1. The summed E-state index contributed by atoms with van der Waals surface area (Å²) < 4.78 is 4.84. The van der Waals surface area contributed by atoms with Crippen molar-refractivity contribution < 1.29 is 14.3 Å². The highest BCUT2D eigenvalue weighted by molar-refractivity contribution is 6.42. The van der Waals surface area contributed by atoms with Gasteiger partial charge in [0, 0.05) is 10.9 Å². The van der Waals surface area contributed by atoms with Gasteiger partial charge in [0.05, 0.1) is 33.4 Å². The molecule has 0 aliphatic carbocycles. The van der Waals surface area contributed by atoms with Crippen LogP contribution in [0.1, 0.15) is 17.3 Å². The van der Waals surface area contributed by atoms with Crippen molar-refractivity contribution in [3.05, 3.63) is 64.1 Å². The predicted molar refractivity (Wildman–Crippen MR) is 106 cm³/mol. The Bertz CT molecular complexity index is 1020. The number of halogens is 2. The molecule has 7 heteroatoms. The van der Waals surface area contributed by atoms with E-state index in [0.717, 1.165) is 5.56 Å². The first-order valence-corrected chi connectivity index (χ1v) is 9.04. The maximum Gasteiger partial charge on any atom is 0.325 e. The SMILES string of the molecule is CCOC(=O)CNC(=O)c1cc(-c2ccc(Cl)c(Cl)c2)nc2ccccc12. The second kappa shape index (κ2) is 8.37. The van der Waals surface area contributed by atoms with Gasteiger partial charge in [-0.1, -0.05) is 47.5 Å². The van der Waals surface area contributed by atoms with E-state index in [1.54, 1.807) is 37.3 Å². The van der Waals surface area contributed by atoms with Gasteiger partial charge >= 0.3 is 5.97 Å². The van der Waals surface area contributed by atoms with Crippen LogP contribution in [0.3, 0.4) is 0 Å². The van der Waals surface area contributed by atoms with Gasteiger partial charge in [0.1, 0.15) is 6.54 Å². The minimum Gasteiger partial charge on any atom is -0.465 e. The number of rotatable bonds is 5. The van der Waals surface area contributed by atoms with Crippen molar-refractivity contribution >= 4 is 46.0 Å². The average molecular weight is 403 g/mol. The summed E-state index contributed by atoms with van der Waals surface area (Å²) in [5.41, 5.74) is 2.37. The molecule has 0 radical (unpaired) electrons. The number of aromatic nitrogens is 1. The van der Waals surface area contributed by atoms with Crippen LogP contribution in [0, 0.1) is 0 Å². The Morgan fingerprint density at radius 1 is 1.07 bits per heavy atom. The van der Waals surface area contributed by atoms with E-state index in [0.29, 0.717) is 32.2 Å². The molecule has 1 amide bonds. The van der Waals surface area contributed by atoms with Crippen LogP contribution in [-0.4, -0.2) is 30.0 Å². The molecule has 0 fully saturated rings. The smallest absolute Gasteiger partial charge is 0.325 e. The summed E-state index contributed by atoms with van der Waals surface area (Å²) in [7, 11) is 0. The van der Waals surface area contributed by atoms with Gasteiger partial charge in [-0.25, -0.2) is 4.98 Å². The van der Waals surface area contributed by atoms with Crippen LogP contribution in [0.2, 0.25) is 10.0 Å². The monoisotopic (exact) mass is 402 g/mol. The Balaban J connectivity index is 2.01. The number of nitrogens with zero attached hydrogens (tertiary/aromatic N) is 1. The molecule has 1 heterocycles. The minimum absolute atomic E-state index is 0.203. The number of carbonyl (C=O) groups is 2. The van der Waals surface area contributed by atoms with Gasteiger partial charge in [-0.15, -0.1) is 0 Å². The number of hydrogen-bond acceptors (Lipinski definition) is 4. The Morgan fingerprint density at radius 3 is 2.59 bits per heavy atom. The lowest BCUT2D eigenvalue weighted by Gasteiger charge is -2.11. The molecule has 0 saturated heterocycles. The van der Waals surface area contributed by atoms with Crippen molar-refractivity contribution in [2.45, 2.75) is 6.92 Å².